The van der Waals surface area contributed by atoms with E-state index in [1.165, 1.54) is 10.9 Å². The van der Waals surface area contributed by atoms with Crippen LogP contribution in [0.5, 0.6) is 0 Å². The monoisotopic (exact) mass is 255 g/mol. The van der Waals surface area contributed by atoms with Crippen molar-refractivity contribution in [3.05, 3.63) is 42.6 Å². The molecule has 0 unspecified atom stereocenters. The fourth-order valence-corrected chi connectivity index (χ4v) is 1.31. The van der Waals surface area contributed by atoms with Gasteiger partial charge in [0, 0.05) is 17.5 Å². The maximum atomic E-state index is 9.22. The molecule has 0 radical (unpaired) electrons. The van der Waals surface area contributed by atoms with Crippen molar-refractivity contribution in [2.75, 3.05) is 7.11 Å². The lowest BCUT2D eigenvalue weighted by molar-refractivity contribution is -0.644. The van der Waals surface area contributed by atoms with Crippen molar-refractivity contribution in [1.29, 1.82) is 0 Å². The van der Waals surface area contributed by atoms with Gasteiger partial charge in [-0.05, 0) is 12.1 Å². The Balaban J connectivity index is 0.000000209. The quantitative estimate of drug-likeness (QED) is 0.428. The summed E-state index contributed by atoms with van der Waals surface area (Å²) in [7, 11) is -1.55. The van der Waals surface area contributed by atoms with E-state index in [0.29, 0.717) is 0 Å². The van der Waals surface area contributed by atoms with E-state index < -0.39 is 10.4 Å². The first kappa shape index (κ1) is 13.6. The maximum absolute atomic E-state index is 9.22. The van der Waals surface area contributed by atoms with E-state index in [0.717, 1.165) is 7.11 Å². The molecule has 2 aromatic rings. The zero-order valence-corrected chi connectivity index (χ0v) is 10.3. The molecule has 0 saturated carbocycles. The SMILES string of the molecule is COS(=O)(=O)[O-].C[n+]1cccc2ccccc21. The molecule has 92 valence electrons. The molecule has 0 saturated heterocycles. The standard InChI is InChI=1S/C10H10N.CH4O4S/c1-11-8-4-6-9-5-2-3-7-10(9)11;1-5-6(2,3)4/h2-8H,1H3;1H3,(H,2,3,4)/q+1;/p-1. The van der Waals surface area contributed by atoms with E-state index in [-0.39, 0.29) is 0 Å². The van der Waals surface area contributed by atoms with E-state index in [4.69, 9.17) is 0 Å². The van der Waals surface area contributed by atoms with Crippen LogP contribution in [0.2, 0.25) is 0 Å². The Labute approximate surface area is 100 Å². The molecule has 0 atom stereocenters. The fourth-order valence-electron chi connectivity index (χ4n) is 1.31. The summed E-state index contributed by atoms with van der Waals surface area (Å²) in [4.78, 5) is 0. The van der Waals surface area contributed by atoms with Gasteiger partial charge in [0.25, 0.3) is 0 Å². The van der Waals surface area contributed by atoms with Crippen LogP contribution in [0, 0.1) is 0 Å². The van der Waals surface area contributed by atoms with Crippen LogP contribution in [-0.2, 0) is 21.6 Å². The molecule has 1 aromatic carbocycles. The van der Waals surface area contributed by atoms with Gasteiger partial charge in [0.05, 0.1) is 7.11 Å². The van der Waals surface area contributed by atoms with Crippen molar-refractivity contribution in [1.82, 2.24) is 0 Å². The minimum atomic E-state index is -4.41. The average molecular weight is 255 g/mol. The van der Waals surface area contributed by atoms with Crippen molar-refractivity contribution in [3.8, 4) is 0 Å². The number of nitrogens with zero attached hydrogens (tertiary/aromatic N) is 1. The normalized spacial score (nSPS) is 10.8. The predicted molar refractivity (Wildman–Crippen MR) is 61.8 cm³/mol. The molecule has 5 nitrogen and oxygen atoms in total. The van der Waals surface area contributed by atoms with Gasteiger partial charge in [-0.2, -0.15) is 0 Å². The van der Waals surface area contributed by atoms with Crippen molar-refractivity contribution in [3.63, 3.8) is 0 Å². The molecule has 6 heteroatoms. The lowest BCUT2D eigenvalue weighted by Crippen LogP contribution is -2.27. The zero-order valence-electron chi connectivity index (χ0n) is 9.53. The Morgan fingerprint density at radius 3 is 2.24 bits per heavy atom. The summed E-state index contributed by atoms with van der Waals surface area (Å²) in [5, 5.41) is 1.29. The summed E-state index contributed by atoms with van der Waals surface area (Å²) in [6, 6.07) is 12.5. The molecule has 0 aliphatic carbocycles. The summed E-state index contributed by atoms with van der Waals surface area (Å²) in [5.74, 6) is 0. The lowest BCUT2D eigenvalue weighted by atomic mass is 10.2. The van der Waals surface area contributed by atoms with Gasteiger partial charge < -0.3 is 4.55 Å². The smallest absolute Gasteiger partial charge is 0.217 e. The van der Waals surface area contributed by atoms with Gasteiger partial charge in [0.15, 0.2) is 6.20 Å². The number of para-hydroxylation sites is 1. The Hall–Kier alpha value is -1.50. The van der Waals surface area contributed by atoms with Gasteiger partial charge in [-0.15, -0.1) is 0 Å². The average Bonchev–Trinajstić information content (AvgIpc) is 2.30. The Bertz CT molecular complexity index is 590. The molecule has 0 aliphatic heterocycles. The second-order valence-electron chi connectivity index (χ2n) is 3.25. The highest BCUT2D eigenvalue weighted by atomic mass is 32.3. The van der Waals surface area contributed by atoms with E-state index >= 15 is 0 Å². The maximum Gasteiger partial charge on any atom is 0.217 e. The van der Waals surface area contributed by atoms with Crippen molar-refractivity contribution >= 4 is 21.3 Å². The number of aromatic nitrogens is 1. The molecule has 17 heavy (non-hydrogen) atoms. The fraction of sp³-hybridized carbons (Fsp3) is 0.182. The molecular formula is C11H13NO4S. The Kier molecular flexibility index (Phi) is 4.56. The number of rotatable bonds is 1. The Morgan fingerprint density at radius 1 is 1.18 bits per heavy atom. The number of fused-ring (bicyclic) bond motifs is 1. The van der Waals surface area contributed by atoms with Gasteiger partial charge >= 0.3 is 0 Å². The first-order valence-corrected chi connectivity index (χ1v) is 6.12. The topological polar surface area (TPSA) is 70.3 Å². The summed E-state index contributed by atoms with van der Waals surface area (Å²) < 4.78 is 33.1. The number of pyridine rings is 1. The first-order chi connectivity index (χ1) is 7.94. The molecule has 0 spiro atoms. The molecule has 0 bridgehead atoms. The Morgan fingerprint density at radius 2 is 1.71 bits per heavy atom. The minimum absolute atomic E-state index is 0.808. The minimum Gasteiger partial charge on any atom is -0.726 e. The van der Waals surface area contributed by atoms with Crippen LogP contribution in [-0.4, -0.2) is 20.1 Å². The summed E-state index contributed by atoms with van der Waals surface area (Å²) in [5.41, 5.74) is 1.27. The van der Waals surface area contributed by atoms with Crippen LogP contribution in [0.1, 0.15) is 0 Å². The zero-order chi connectivity index (χ0) is 12.9. The van der Waals surface area contributed by atoms with Crippen LogP contribution < -0.4 is 4.57 Å². The van der Waals surface area contributed by atoms with Gasteiger partial charge in [-0.25, -0.2) is 13.0 Å². The summed E-state index contributed by atoms with van der Waals surface area (Å²) >= 11 is 0. The molecular weight excluding hydrogens is 242 g/mol. The van der Waals surface area contributed by atoms with Crippen LogP contribution in [0.3, 0.4) is 0 Å². The van der Waals surface area contributed by atoms with E-state index in [1.807, 2.05) is 0 Å². The molecule has 1 aromatic heterocycles. The van der Waals surface area contributed by atoms with Crippen LogP contribution in [0.25, 0.3) is 10.9 Å². The second kappa shape index (κ2) is 5.72. The number of hydrogen-bond donors (Lipinski definition) is 0. The molecule has 0 fully saturated rings. The number of aryl methyl sites for hydroxylation is 1. The summed E-state index contributed by atoms with van der Waals surface area (Å²) in [6.45, 7) is 0. The number of benzene rings is 1. The summed E-state index contributed by atoms with van der Waals surface area (Å²) in [6.07, 6.45) is 2.06. The second-order valence-corrected chi connectivity index (χ2v) is 4.40. The third-order valence-corrected chi connectivity index (χ3v) is 2.51. The van der Waals surface area contributed by atoms with Gasteiger partial charge in [-0.1, -0.05) is 12.1 Å². The third-order valence-electron chi connectivity index (χ3n) is 2.11. The highest BCUT2D eigenvalue weighted by molar-refractivity contribution is 7.80. The van der Waals surface area contributed by atoms with E-state index in [9.17, 15) is 13.0 Å². The molecule has 0 aliphatic rings. The third kappa shape index (κ3) is 4.48. The van der Waals surface area contributed by atoms with E-state index in [1.54, 1.807) is 0 Å². The predicted octanol–water partition coefficient (Wildman–Crippen LogP) is 0.757. The molecule has 0 N–H and O–H groups in total. The van der Waals surface area contributed by atoms with Crippen molar-refractivity contribution < 1.29 is 21.7 Å². The van der Waals surface area contributed by atoms with Crippen LogP contribution in [0.4, 0.5) is 0 Å². The van der Waals surface area contributed by atoms with Crippen LogP contribution in [0.15, 0.2) is 42.6 Å². The van der Waals surface area contributed by atoms with Crippen LogP contribution >= 0.6 is 0 Å². The highest BCUT2D eigenvalue weighted by Crippen LogP contribution is 2.06. The molecule has 0 amide bonds. The lowest BCUT2D eigenvalue weighted by Gasteiger charge is -1.98. The van der Waals surface area contributed by atoms with Crippen molar-refractivity contribution in [2.45, 2.75) is 0 Å². The van der Waals surface area contributed by atoms with Gasteiger partial charge in [0.1, 0.15) is 7.05 Å². The van der Waals surface area contributed by atoms with E-state index in [2.05, 4.69) is 58.4 Å². The number of hydrogen-bond acceptors (Lipinski definition) is 4. The largest absolute Gasteiger partial charge is 0.726 e. The van der Waals surface area contributed by atoms with Gasteiger partial charge in [0.2, 0.25) is 15.9 Å². The highest BCUT2D eigenvalue weighted by Gasteiger charge is 1.99. The van der Waals surface area contributed by atoms with Crippen molar-refractivity contribution in [2.24, 2.45) is 7.05 Å². The first-order valence-electron chi connectivity index (χ1n) is 4.79. The molecule has 2 rings (SSSR count). The molecule has 1 heterocycles. The van der Waals surface area contributed by atoms with Gasteiger partial charge in [-0.3, -0.25) is 4.18 Å².